The van der Waals surface area contributed by atoms with Crippen LogP contribution >= 0.6 is 11.8 Å². The molecule has 152 valence electrons. The molecule has 0 aliphatic rings. The molecule has 0 atom stereocenters. The van der Waals surface area contributed by atoms with Crippen LogP contribution in [0.1, 0.15) is 16.9 Å². The first-order valence-electron chi connectivity index (χ1n) is 9.47. The molecule has 7 nitrogen and oxygen atoms in total. The number of carbonyl (C=O) groups excluding carboxylic acids is 1. The Balaban J connectivity index is 1.53. The van der Waals surface area contributed by atoms with E-state index in [-0.39, 0.29) is 11.7 Å². The number of aryl methyl sites for hydroxylation is 2. The van der Waals surface area contributed by atoms with Crippen molar-refractivity contribution in [1.29, 1.82) is 0 Å². The second-order valence-corrected chi connectivity index (χ2v) is 7.73. The van der Waals surface area contributed by atoms with E-state index in [9.17, 15) is 4.79 Å². The zero-order valence-corrected chi connectivity index (χ0v) is 17.5. The fourth-order valence-electron chi connectivity index (χ4n) is 3.10. The number of furan rings is 1. The molecule has 8 heteroatoms. The quantitative estimate of drug-likeness (QED) is 0.449. The third-order valence-electron chi connectivity index (χ3n) is 4.58. The van der Waals surface area contributed by atoms with Crippen LogP contribution in [-0.4, -0.2) is 31.4 Å². The summed E-state index contributed by atoms with van der Waals surface area (Å²) in [5, 5.41) is 12.2. The molecule has 0 fully saturated rings. The number of hydrogen-bond acceptors (Lipinski definition) is 6. The number of pyridine rings is 1. The average molecular weight is 420 g/mol. The van der Waals surface area contributed by atoms with Gasteiger partial charge in [0.1, 0.15) is 11.5 Å². The molecular weight excluding hydrogens is 398 g/mol. The fourth-order valence-corrected chi connectivity index (χ4v) is 3.84. The summed E-state index contributed by atoms with van der Waals surface area (Å²) in [6, 6.07) is 15.3. The largest absolute Gasteiger partial charge is 0.467 e. The molecule has 1 N–H and O–H groups in total. The minimum atomic E-state index is -0.0932. The lowest BCUT2D eigenvalue weighted by Crippen LogP contribution is -2.16. The highest BCUT2D eigenvalue weighted by Crippen LogP contribution is 2.25. The SMILES string of the molecule is Cc1cccc(C)c1NC(=O)CSc1nnc(-c2ccccn2)n1Cc1ccco1. The van der Waals surface area contributed by atoms with Crippen LogP contribution in [-0.2, 0) is 11.3 Å². The number of hydrogen-bond donors (Lipinski definition) is 1. The van der Waals surface area contributed by atoms with Gasteiger partial charge in [-0.05, 0) is 49.2 Å². The van der Waals surface area contributed by atoms with Gasteiger partial charge in [0, 0.05) is 11.9 Å². The molecule has 1 aromatic carbocycles. The smallest absolute Gasteiger partial charge is 0.234 e. The monoisotopic (exact) mass is 419 g/mol. The van der Waals surface area contributed by atoms with Crippen molar-refractivity contribution in [2.24, 2.45) is 0 Å². The van der Waals surface area contributed by atoms with Crippen LogP contribution in [0.2, 0.25) is 0 Å². The van der Waals surface area contributed by atoms with Gasteiger partial charge in [0.25, 0.3) is 0 Å². The molecule has 0 unspecified atom stereocenters. The molecule has 30 heavy (non-hydrogen) atoms. The molecule has 0 aliphatic heterocycles. The van der Waals surface area contributed by atoms with Gasteiger partial charge in [0.2, 0.25) is 5.91 Å². The van der Waals surface area contributed by atoms with Gasteiger partial charge in [-0.2, -0.15) is 0 Å². The minimum absolute atomic E-state index is 0.0932. The van der Waals surface area contributed by atoms with Gasteiger partial charge in [-0.25, -0.2) is 0 Å². The lowest BCUT2D eigenvalue weighted by Gasteiger charge is -2.11. The Morgan fingerprint density at radius 3 is 2.60 bits per heavy atom. The Bertz CT molecular complexity index is 1120. The first kappa shape index (κ1) is 19.9. The van der Waals surface area contributed by atoms with Crippen molar-refractivity contribution in [1.82, 2.24) is 19.7 Å². The van der Waals surface area contributed by atoms with Gasteiger partial charge in [-0.3, -0.25) is 14.3 Å². The van der Waals surface area contributed by atoms with Crippen LogP contribution in [0.25, 0.3) is 11.5 Å². The van der Waals surface area contributed by atoms with Crippen LogP contribution in [0, 0.1) is 13.8 Å². The van der Waals surface area contributed by atoms with Crippen molar-refractivity contribution >= 4 is 23.4 Å². The summed E-state index contributed by atoms with van der Waals surface area (Å²) in [5.74, 6) is 1.52. The average Bonchev–Trinajstić information content (AvgIpc) is 3.40. The van der Waals surface area contributed by atoms with Gasteiger partial charge in [-0.15, -0.1) is 10.2 Å². The van der Waals surface area contributed by atoms with Crippen molar-refractivity contribution in [2.45, 2.75) is 25.5 Å². The van der Waals surface area contributed by atoms with Crippen molar-refractivity contribution in [3.05, 3.63) is 77.9 Å². The highest BCUT2D eigenvalue weighted by Gasteiger charge is 2.18. The van der Waals surface area contributed by atoms with Crippen LogP contribution in [0.4, 0.5) is 5.69 Å². The molecule has 0 bridgehead atoms. The molecule has 0 saturated carbocycles. The number of amides is 1. The fraction of sp³-hybridized carbons (Fsp3) is 0.182. The van der Waals surface area contributed by atoms with Crippen molar-refractivity contribution in [2.75, 3.05) is 11.1 Å². The number of aromatic nitrogens is 4. The molecule has 0 aliphatic carbocycles. The molecule has 0 spiro atoms. The van der Waals surface area contributed by atoms with Crippen LogP contribution in [0.15, 0.2) is 70.6 Å². The number of para-hydroxylation sites is 1. The summed E-state index contributed by atoms with van der Waals surface area (Å²) >= 11 is 1.33. The third kappa shape index (κ3) is 4.44. The van der Waals surface area contributed by atoms with Gasteiger partial charge in [-0.1, -0.05) is 36.0 Å². The van der Waals surface area contributed by atoms with Gasteiger partial charge in [0.05, 0.1) is 18.6 Å². The normalized spacial score (nSPS) is 10.9. The summed E-state index contributed by atoms with van der Waals surface area (Å²) in [7, 11) is 0. The maximum Gasteiger partial charge on any atom is 0.234 e. The number of carbonyl (C=O) groups is 1. The lowest BCUT2D eigenvalue weighted by atomic mass is 10.1. The second-order valence-electron chi connectivity index (χ2n) is 6.79. The number of nitrogens with zero attached hydrogens (tertiary/aromatic N) is 4. The van der Waals surface area contributed by atoms with E-state index in [0.29, 0.717) is 23.2 Å². The van der Waals surface area contributed by atoms with E-state index in [0.717, 1.165) is 22.6 Å². The van der Waals surface area contributed by atoms with Crippen molar-refractivity contribution < 1.29 is 9.21 Å². The lowest BCUT2D eigenvalue weighted by molar-refractivity contribution is -0.113. The van der Waals surface area contributed by atoms with Gasteiger partial charge >= 0.3 is 0 Å². The van der Waals surface area contributed by atoms with Crippen molar-refractivity contribution in [3.63, 3.8) is 0 Å². The highest BCUT2D eigenvalue weighted by atomic mass is 32.2. The molecular formula is C22H21N5O2S. The van der Waals surface area contributed by atoms with E-state index in [1.807, 2.05) is 66.9 Å². The van der Waals surface area contributed by atoms with Gasteiger partial charge in [0.15, 0.2) is 11.0 Å². The Labute approximate surface area is 178 Å². The maximum atomic E-state index is 12.6. The van der Waals surface area contributed by atoms with E-state index in [1.165, 1.54) is 11.8 Å². The van der Waals surface area contributed by atoms with Crippen LogP contribution < -0.4 is 5.32 Å². The van der Waals surface area contributed by atoms with Gasteiger partial charge < -0.3 is 9.73 Å². The molecule has 3 heterocycles. The highest BCUT2D eigenvalue weighted by molar-refractivity contribution is 7.99. The Hall–Kier alpha value is -3.39. The predicted molar refractivity (Wildman–Crippen MR) is 116 cm³/mol. The molecule has 3 aromatic heterocycles. The first-order chi connectivity index (χ1) is 14.6. The van der Waals surface area contributed by atoms with Crippen molar-refractivity contribution in [3.8, 4) is 11.5 Å². The Morgan fingerprint density at radius 1 is 1.07 bits per heavy atom. The predicted octanol–water partition coefficient (Wildman–Crippen LogP) is 4.33. The van der Waals surface area contributed by atoms with Crippen LogP contribution in [0.3, 0.4) is 0 Å². The number of rotatable bonds is 7. The zero-order valence-electron chi connectivity index (χ0n) is 16.7. The number of anilines is 1. The number of thioether (sulfide) groups is 1. The van der Waals surface area contributed by atoms with E-state index in [2.05, 4.69) is 20.5 Å². The summed E-state index contributed by atoms with van der Waals surface area (Å²) in [5.41, 5.74) is 3.64. The minimum Gasteiger partial charge on any atom is -0.467 e. The second kappa shape index (κ2) is 8.96. The molecule has 0 radical (unpaired) electrons. The molecule has 1 amide bonds. The standard InChI is InChI=1S/C22H21N5O2S/c1-15-7-5-8-16(2)20(15)24-19(28)14-30-22-26-25-21(18-10-3-4-11-23-18)27(22)13-17-9-6-12-29-17/h3-12H,13-14H2,1-2H3,(H,24,28). The number of benzene rings is 1. The number of nitrogens with one attached hydrogen (secondary N) is 1. The maximum absolute atomic E-state index is 12.6. The topological polar surface area (TPSA) is 85.8 Å². The molecule has 4 aromatic rings. The summed E-state index contributed by atoms with van der Waals surface area (Å²) in [4.78, 5) is 17.0. The molecule has 0 saturated heterocycles. The third-order valence-corrected chi connectivity index (χ3v) is 5.55. The Kier molecular flexibility index (Phi) is 5.94. The first-order valence-corrected chi connectivity index (χ1v) is 10.5. The van der Waals surface area contributed by atoms with Crippen LogP contribution in [0.5, 0.6) is 0 Å². The summed E-state index contributed by atoms with van der Waals surface area (Å²) in [6.07, 6.45) is 3.34. The van der Waals surface area contributed by atoms with E-state index in [4.69, 9.17) is 4.42 Å². The summed E-state index contributed by atoms with van der Waals surface area (Å²) < 4.78 is 7.41. The zero-order chi connectivity index (χ0) is 20.9. The van der Waals surface area contributed by atoms with E-state index < -0.39 is 0 Å². The van der Waals surface area contributed by atoms with E-state index in [1.54, 1.807) is 12.5 Å². The van der Waals surface area contributed by atoms with E-state index >= 15 is 0 Å². The summed E-state index contributed by atoms with van der Waals surface area (Å²) in [6.45, 7) is 4.41. The molecule has 4 rings (SSSR count). The Morgan fingerprint density at radius 2 is 1.90 bits per heavy atom.